The number of amides is 1. The smallest absolute Gasteiger partial charge is 0.275 e. The van der Waals surface area contributed by atoms with Crippen LogP contribution in [0, 0.1) is 20.8 Å². The van der Waals surface area contributed by atoms with Gasteiger partial charge in [-0.2, -0.15) is 10.2 Å². The van der Waals surface area contributed by atoms with Gasteiger partial charge in [0, 0.05) is 7.05 Å². The Labute approximate surface area is 160 Å². The second-order valence-electron chi connectivity index (χ2n) is 6.14. The molecule has 0 atom stereocenters. The van der Waals surface area contributed by atoms with Gasteiger partial charge in [-0.05, 0) is 48.3 Å². The summed E-state index contributed by atoms with van der Waals surface area (Å²) in [4.78, 5) is 12.5. The summed E-state index contributed by atoms with van der Waals surface area (Å²) >= 11 is 3.40. The monoisotopic (exact) mass is 417 g/mol. The highest BCUT2D eigenvalue weighted by molar-refractivity contribution is 9.10. The van der Waals surface area contributed by atoms with Gasteiger partial charge in [0.05, 0.1) is 28.2 Å². The molecule has 0 aliphatic heterocycles. The molecule has 8 heteroatoms. The summed E-state index contributed by atoms with van der Waals surface area (Å²) < 4.78 is 9.64. The Bertz CT molecular complexity index is 961. The standard InChI is InChI=1S/C18H20BrN5O2/c1-11-5-6-15(12(2)7-11)26-10-24-9-14(8-20-24)21-18(25)17-16(19)13(3)22-23(17)4/h5-9H,10H2,1-4H3,(H,21,25). The quantitative estimate of drug-likeness (QED) is 0.687. The predicted molar refractivity (Wildman–Crippen MR) is 102 cm³/mol. The minimum Gasteiger partial charge on any atom is -0.471 e. The number of halogens is 1. The molecule has 3 rings (SSSR count). The largest absolute Gasteiger partial charge is 0.471 e. The third-order valence-corrected chi connectivity index (χ3v) is 4.89. The number of carbonyl (C=O) groups excluding carboxylic acids is 1. The van der Waals surface area contributed by atoms with E-state index < -0.39 is 0 Å². The Morgan fingerprint density at radius 2 is 2.08 bits per heavy atom. The summed E-state index contributed by atoms with van der Waals surface area (Å²) in [6, 6.07) is 6.02. The molecule has 0 aliphatic rings. The van der Waals surface area contributed by atoms with Crippen molar-refractivity contribution in [2.24, 2.45) is 7.05 Å². The minimum atomic E-state index is -0.255. The maximum absolute atomic E-state index is 12.5. The van der Waals surface area contributed by atoms with E-state index in [1.54, 1.807) is 28.8 Å². The molecule has 3 aromatic rings. The van der Waals surface area contributed by atoms with Crippen LogP contribution in [-0.2, 0) is 13.8 Å². The first-order valence-electron chi connectivity index (χ1n) is 8.08. The molecule has 0 aliphatic carbocycles. The first kappa shape index (κ1) is 18.2. The number of benzene rings is 1. The first-order valence-corrected chi connectivity index (χ1v) is 8.87. The van der Waals surface area contributed by atoms with Crippen molar-refractivity contribution in [3.05, 3.63) is 57.6 Å². The molecule has 2 heterocycles. The number of rotatable bonds is 5. The fourth-order valence-corrected chi connectivity index (χ4v) is 3.18. The summed E-state index contributed by atoms with van der Waals surface area (Å²) in [7, 11) is 1.73. The van der Waals surface area contributed by atoms with Crippen molar-refractivity contribution in [1.29, 1.82) is 0 Å². The lowest BCUT2D eigenvalue weighted by atomic mass is 10.1. The van der Waals surface area contributed by atoms with Gasteiger partial charge in [-0.15, -0.1) is 0 Å². The number of aryl methyl sites for hydroxylation is 4. The SMILES string of the molecule is Cc1ccc(OCn2cc(NC(=O)c3c(Br)c(C)nn3C)cn2)c(C)c1. The van der Waals surface area contributed by atoms with Crippen molar-refractivity contribution in [1.82, 2.24) is 19.6 Å². The van der Waals surface area contributed by atoms with Gasteiger partial charge in [-0.25, -0.2) is 4.68 Å². The Morgan fingerprint density at radius 3 is 2.73 bits per heavy atom. The second kappa shape index (κ2) is 7.33. The number of ether oxygens (including phenoxy) is 1. The van der Waals surface area contributed by atoms with Crippen molar-refractivity contribution >= 4 is 27.5 Å². The van der Waals surface area contributed by atoms with Gasteiger partial charge >= 0.3 is 0 Å². The number of nitrogens with one attached hydrogen (secondary N) is 1. The molecule has 0 unspecified atom stereocenters. The molecule has 7 nitrogen and oxygen atoms in total. The van der Waals surface area contributed by atoms with Gasteiger partial charge in [-0.1, -0.05) is 17.7 Å². The molecule has 1 amide bonds. The highest BCUT2D eigenvalue weighted by Crippen LogP contribution is 2.22. The topological polar surface area (TPSA) is 74.0 Å². The zero-order valence-electron chi connectivity index (χ0n) is 15.1. The van der Waals surface area contributed by atoms with Crippen LogP contribution in [0.4, 0.5) is 5.69 Å². The molecule has 136 valence electrons. The molecule has 26 heavy (non-hydrogen) atoms. The molecule has 0 fully saturated rings. The van der Waals surface area contributed by atoms with Crippen LogP contribution < -0.4 is 10.1 Å². The summed E-state index contributed by atoms with van der Waals surface area (Å²) in [5.74, 6) is 0.556. The van der Waals surface area contributed by atoms with Gasteiger partial charge in [0.1, 0.15) is 11.4 Å². The molecule has 1 N–H and O–H groups in total. The molecule has 1 aromatic carbocycles. The number of carbonyl (C=O) groups is 1. The molecular weight excluding hydrogens is 398 g/mol. The number of nitrogens with zero attached hydrogens (tertiary/aromatic N) is 4. The van der Waals surface area contributed by atoms with Crippen LogP contribution >= 0.6 is 15.9 Å². The normalized spacial score (nSPS) is 10.8. The third-order valence-electron chi connectivity index (χ3n) is 3.94. The van der Waals surface area contributed by atoms with E-state index in [2.05, 4.69) is 37.5 Å². The van der Waals surface area contributed by atoms with Crippen molar-refractivity contribution < 1.29 is 9.53 Å². The molecular formula is C18H20BrN5O2. The number of aromatic nitrogens is 4. The first-order chi connectivity index (χ1) is 12.3. The summed E-state index contributed by atoms with van der Waals surface area (Å²) in [6.45, 7) is 6.14. The number of hydrogen-bond donors (Lipinski definition) is 1. The van der Waals surface area contributed by atoms with E-state index in [9.17, 15) is 4.79 Å². The molecule has 0 radical (unpaired) electrons. The third kappa shape index (κ3) is 3.80. The highest BCUT2D eigenvalue weighted by Gasteiger charge is 2.18. The van der Waals surface area contributed by atoms with Crippen LogP contribution in [0.1, 0.15) is 27.3 Å². The maximum atomic E-state index is 12.5. The van der Waals surface area contributed by atoms with Crippen LogP contribution in [0.5, 0.6) is 5.75 Å². The fourth-order valence-electron chi connectivity index (χ4n) is 2.66. The molecule has 0 bridgehead atoms. The number of hydrogen-bond acceptors (Lipinski definition) is 4. The number of anilines is 1. The van der Waals surface area contributed by atoms with Gasteiger partial charge in [-0.3, -0.25) is 9.48 Å². The van der Waals surface area contributed by atoms with Crippen molar-refractivity contribution in [2.75, 3.05) is 5.32 Å². The van der Waals surface area contributed by atoms with Crippen LogP contribution in [-0.4, -0.2) is 25.5 Å². The van der Waals surface area contributed by atoms with Gasteiger partial charge in [0.2, 0.25) is 0 Å². The molecule has 0 spiro atoms. The van der Waals surface area contributed by atoms with Gasteiger partial charge < -0.3 is 10.1 Å². The van der Waals surface area contributed by atoms with E-state index in [4.69, 9.17) is 4.74 Å². The highest BCUT2D eigenvalue weighted by atomic mass is 79.9. The Hall–Kier alpha value is -2.61. The lowest BCUT2D eigenvalue weighted by Crippen LogP contribution is -2.16. The van der Waals surface area contributed by atoms with Crippen LogP contribution in [0.2, 0.25) is 0 Å². The average molecular weight is 418 g/mol. The van der Waals surface area contributed by atoms with Crippen LogP contribution in [0.25, 0.3) is 0 Å². The zero-order chi connectivity index (χ0) is 18.8. The second-order valence-corrected chi connectivity index (χ2v) is 6.93. The van der Waals surface area contributed by atoms with E-state index in [0.717, 1.165) is 17.0 Å². The van der Waals surface area contributed by atoms with E-state index in [-0.39, 0.29) is 12.6 Å². The summed E-state index contributed by atoms with van der Waals surface area (Å²) in [5, 5.41) is 11.3. The van der Waals surface area contributed by atoms with Crippen LogP contribution in [0.15, 0.2) is 35.1 Å². The Morgan fingerprint density at radius 1 is 1.31 bits per heavy atom. The van der Waals surface area contributed by atoms with E-state index in [1.807, 2.05) is 32.9 Å². The van der Waals surface area contributed by atoms with E-state index in [0.29, 0.717) is 15.9 Å². The molecule has 2 aromatic heterocycles. The average Bonchev–Trinajstić information content (AvgIpc) is 3.11. The zero-order valence-corrected chi connectivity index (χ0v) is 16.7. The van der Waals surface area contributed by atoms with Crippen LogP contribution in [0.3, 0.4) is 0 Å². The van der Waals surface area contributed by atoms with Gasteiger partial charge in [0.25, 0.3) is 5.91 Å². The minimum absolute atomic E-state index is 0.255. The predicted octanol–water partition coefficient (Wildman–Crippen LogP) is 3.59. The van der Waals surface area contributed by atoms with Crippen molar-refractivity contribution in [3.63, 3.8) is 0 Å². The van der Waals surface area contributed by atoms with E-state index in [1.165, 1.54) is 5.56 Å². The maximum Gasteiger partial charge on any atom is 0.275 e. The van der Waals surface area contributed by atoms with Gasteiger partial charge in [0.15, 0.2) is 6.73 Å². The fraction of sp³-hybridized carbons (Fsp3) is 0.278. The van der Waals surface area contributed by atoms with Crippen molar-refractivity contribution in [3.8, 4) is 5.75 Å². The lowest BCUT2D eigenvalue weighted by Gasteiger charge is -2.09. The summed E-state index contributed by atoms with van der Waals surface area (Å²) in [6.07, 6.45) is 3.30. The van der Waals surface area contributed by atoms with Crippen molar-refractivity contribution in [2.45, 2.75) is 27.5 Å². The summed E-state index contributed by atoms with van der Waals surface area (Å²) in [5.41, 5.74) is 4.07. The lowest BCUT2D eigenvalue weighted by molar-refractivity contribution is 0.101. The molecule has 0 saturated heterocycles. The Balaban J connectivity index is 1.65. The molecule has 0 saturated carbocycles. The van der Waals surface area contributed by atoms with E-state index >= 15 is 0 Å². The Kier molecular flexibility index (Phi) is 5.13.